The second kappa shape index (κ2) is 8.31. The number of hydrogen-bond acceptors (Lipinski definition) is 4. The molecule has 27 heavy (non-hydrogen) atoms. The molecule has 1 saturated heterocycles. The van der Waals surface area contributed by atoms with Gasteiger partial charge in [0, 0.05) is 22.8 Å². The summed E-state index contributed by atoms with van der Waals surface area (Å²) in [5, 5.41) is 6.10. The van der Waals surface area contributed by atoms with Gasteiger partial charge in [0.1, 0.15) is 0 Å². The summed E-state index contributed by atoms with van der Waals surface area (Å²) in [6, 6.07) is 9.87. The number of morpholine rings is 1. The number of thiophene rings is 1. The molecule has 0 aliphatic carbocycles. The highest BCUT2D eigenvalue weighted by Crippen LogP contribution is 2.29. The van der Waals surface area contributed by atoms with Crippen LogP contribution in [0.25, 0.3) is 0 Å². The van der Waals surface area contributed by atoms with Gasteiger partial charge in [0.25, 0.3) is 0 Å². The van der Waals surface area contributed by atoms with Crippen molar-refractivity contribution >= 4 is 28.7 Å². The molecule has 3 atom stereocenters. The number of nitrogens with zero attached hydrogens (tertiary/aromatic N) is 1. The average Bonchev–Trinajstić information content (AvgIpc) is 2.93. The standard InChI is InChI=1S/C21H29N3O2S/c1-13-11-24(12-14(2)26-13)20-9-7-6-8-19(20)23-21(25)22-16(4)18-10-15(3)27-17(18)5/h6-10,13-14,16H,11-12H2,1-5H3,(H2,22,23,25)/t13-,14-,16-/m0/s1. The van der Waals surface area contributed by atoms with Crippen molar-refractivity contribution in [2.24, 2.45) is 0 Å². The molecular weight excluding hydrogens is 358 g/mol. The predicted molar refractivity (Wildman–Crippen MR) is 113 cm³/mol. The van der Waals surface area contributed by atoms with Crippen molar-refractivity contribution in [3.63, 3.8) is 0 Å². The largest absolute Gasteiger partial charge is 0.372 e. The minimum Gasteiger partial charge on any atom is -0.372 e. The number of aryl methyl sites for hydroxylation is 2. The summed E-state index contributed by atoms with van der Waals surface area (Å²) in [5.41, 5.74) is 3.03. The minimum atomic E-state index is -0.187. The molecule has 1 aliphatic rings. The summed E-state index contributed by atoms with van der Waals surface area (Å²) in [4.78, 5) is 17.4. The second-order valence-corrected chi connectivity index (χ2v) is 8.83. The van der Waals surface area contributed by atoms with E-state index in [1.54, 1.807) is 11.3 Å². The van der Waals surface area contributed by atoms with Crippen LogP contribution in [0, 0.1) is 13.8 Å². The van der Waals surface area contributed by atoms with E-state index >= 15 is 0 Å². The lowest BCUT2D eigenvalue weighted by molar-refractivity contribution is -0.00517. The van der Waals surface area contributed by atoms with Crippen molar-refractivity contribution in [3.05, 3.63) is 45.6 Å². The normalized spacial score (nSPS) is 21.0. The van der Waals surface area contributed by atoms with Gasteiger partial charge < -0.3 is 20.3 Å². The monoisotopic (exact) mass is 387 g/mol. The van der Waals surface area contributed by atoms with Crippen LogP contribution in [-0.2, 0) is 4.74 Å². The molecule has 0 unspecified atom stereocenters. The van der Waals surface area contributed by atoms with E-state index in [1.807, 2.05) is 25.1 Å². The lowest BCUT2D eigenvalue weighted by atomic mass is 10.1. The van der Waals surface area contributed by atoms with Gasteiger partial charge in [0.05, 0.1) is 29.6 Å². The minimum absolute atomic E-state index is 0.0365. The maximum atomic E-state index is 12.6. The van der Waals surface area contributed by atoms with E-state index in [0.717, 1.165) is 24.5 Å². The van der Waals surface area contributed by atoms with Crippen LogP contribution in [0.4, 0.5) is 16.2 Å². The van der Waals surface area contributed by atoms with Gasteiger partial charge >= 0.3 is 6.03 Å². The molecule has 1 aromatic carbocycles. The third-order valence-corrected chi connectivity index (χ3v) is 5.79. The van der Waals surface area contributed by atoms with Crippen molar-refractivity contribution in [3.8, 4) is 0 Å². The number of hydrogen-bond donors (Lipinski definition) is 2. The molecule has 2 aromatic rings. The third-order valence-electron chi connectivity index (χ3n) is 4.81. The summed E-state index contributed by atoms with van der Waals surface area (Å²) >= 11 is 1.76. The van der Waals surface area contributed by atoms with Crippen LogP contribution in [-0.4, -0.2) is 31.3 Å². The quantitative estimate of drug-likeness (QED) is 0.788. The molecule has 5 nitrogen and oxygen atoms in total. The Labute approximate surface area is 165 Å². The van der Waals surface area contributed by atoms with Crippen LogP contribution >= 0.6 is 11.3 Å². The van der Waals surface area contributed by atoms with Gasteiger partial charge in [-0.25, -0.2) is 4.79 Å². The molecular formula is C21H29N3O2S. The molecule has 6 heteroatoms. The Morgan fingerprint density at radius 2 is 1.89 bits per heavy atom. The van der Waals surface area contributed by atoms with Gasteiger partial charge in [-0.05, 0) is 58.4 Å². The third kappa shape index (κ3) is 4.82. The van der Waals surface area contributed by atoms with Crippen LogP contribution < -0.4 is 15.5 Å². The first kappa shape index (κ1) is 19.7. The van der Waals surface area contributed by atoms with Crippen LogP contribution in [0.2, 0.25) is 0 Å². The van der Waals surface area contributed by atoms with E-state index in [1.165, 1.54) is 15.3 Å². The number of carbonyl (C=O) groups excluding carboxylic acids is 1. The van der Waals surface area contributed by atoms with Crippen molar-refractivity contribution in [2.45, 2.75) is 52.9 Å². The Bertz CT molecular complexity index is 794. The number of para-hydroxylation sites is 2. The number of rotatable bonds is 4. The summed E-state index contributed by atoms with van der Waals surface area (Å²) in [5.74, 6) is 0. The molecule has 1 aliphatic heterocycles. The Morgan fingerprint density at radius 1 is 1.22 bits per heavy atom. The predicted octanol–water partition coefficient (Wildman–Crippen LogP) is 4.86. The molecule has 1 fully saturated rings. The molecule has 2 heterocycles. The fraction of sp³-hybridized carbons (Fsp3) is 0.476. The lowest BCUT2D eigenvalue weighted by Gasteiger charge is -2.37. The van der Waals surface area contributed by atoms with Crippen LogP contribution in [0.15, 0.2) is 30.3 Å². The second-order valence-electron chi connectivity index (χ2n) is 7.37. The average molecular weight is 388 g/mol. The molecule has 3 rings (SSSR count). The maximum absolute atomic E-state index is 12.6. The van der Waals surface area contributed by atoms with Gasteiger partial charge in [-0.15, -0.1) is 11.3 Å². The highest BCUT2D eigenvalue weighted by atomic mass is 32.1. The molecule has 0 radical (unpaired) electrons. The first-order valence-electron chi connectivity index (χ1n) is 9.47. The number of nitrogens with one attached hydrogen (secondary N) is 2. The lowest BCUT2D eigenvalue weighted by Crippen LogP contribution is -2.45. The summed E-state index contributed by atoms with van der Waals surface area (Å²) in [6.07, 6.45) is 0.334. The SMILES string of the molecule is Cc1cc([C@H](C)NC(=O)Nc2ccccc2N2C[C@H](C)O[C@@H](C)C2)c(C)s1. The van der Waals surface area contributed by atoms with E-state index < -0.39 is 0 Å². The summed E-state index contributed by atoms with van der Waals surface area (Å²) < 4.78 is 5.83. The van der Waals surface area contributed by atoms with Crippen LogP contribution in [0.1, 0.15) is 42.1 Å². The number of urea groups is 1. The van der Waals surface area contributed by atoms with E-state index in [2.05, 4.69) is 55.4 Å². The molecule has 146 valence electrons. The van der Waals surface area contributed by atoms with E-state index in [4.69, 9.17) is 4.74 Å². The Morgan fingerprint density at radius 3 is 2.52 bits per heavy atom. The number of benzene rings is 1. The fourth-order valence-corrected chi connectivity index (χ4v) is 4.77. The molecule has 2 N–H and O–H groups in total. The van der Waals surface area contributed by atoms with Crippen molar-refractivity contribution in [2.75, 3.05) is 23.3 Å². The van der Waals surface area contributed by atoms with Crippen LogP contribution in [0.5, 0.6) is 0 Å². The maximum Gasteiger partial charge on any atom is 0.319 e. The summed E-state index contributed by atoms with van der Waals surface area (Å²) in [7, 11) is 0. The van der Waals surface area contributed by atoms with Crippen LogP contribution in [0.3, 0.4) is 0 Å². The molecule has 1 aromatic heterocycles. The number of carbonyl (C=O) groups is 1. The van der Waals surface area contributed by atoms with Gasteiger partial charge in [-0.3, -0.25) is 0 Å². The number of ether oxygens (including phenoxy) is 1. The fourth-order valence-electron chi connectivity index (χ4n) is 3.74. The number of anilines is 2. The Hall–Kier alpha value is -2.05. The Kier molecular flexibility index (Phi) is 6.07. The van der Waals surface area contributed by atoms with E-state index in [9.17, 15) is 4.79 Å². The van der Waals surface area contributed by atoms with Crippen molar-refractivity contribution in [1.29, 1.82) is 0 Å². The highest BCUT2D eigenvalue weighted by molar-refractivity contribution is 7.12. The zero-order valence-corrected chi connectivity index (χ0v) is 17.5. The molecule has 2 amide bonds. The van der Waals surface area contributed by atoms with Gasteiger partial charge in [0.2, 0.25) is 0 Å². The first-order chi connectivity index (χ1) is 12.8. The Balaban J connectivity index is 1.70. The van der Waals surface area contributed by atoms with Gasteiger partial charge in [-0.2, -0.15) is 0 Å². The van der Waals surface area contributed by atoms with Crippen molar-refractivity contribution < 1.29 is 9.53 Å². The van der Waals surface area contributed by atoms with Gasteiger partial charge in [-0.1, -0.05) is 12.1 Å². The zero-order chi connectivity index (χ0) is 19.6. The van der Waals surface area contributed by atoms with Crippen molar-refractivity contribution in [1.82, 2.24) is 5.32 Å². The van der Waals surface area contributed by atoms with E-state index in [0.29, 0.717) is 0 Å². The highest BCUT2D eigenvalue weighted by Gasteiger charge is 2.24. The summed E-state index contributed by atoms with van der Waals surface area (Å²) in [6.45, 7) is 12.0. The zero-order valence-electron chi connectivity index (χ0n) is 16.7. The molecule has 0 spiro atoms. The first-order valence-corrected chi connectivity index (χ1v) is 10.3. The van der Waals surface area contributed by atoms with Gasteiger partial charge in [0.15, 0.2) is 0 Å². The van der Waals surface area contributed by atoms with E-state index in [-0.39, 0.29) is 24.3 Å². The topological polar surface area (TPSA) is 53.6 Å². The molecule has 0 saturated carbocycles. The smallest absolute Gasteiger partial charge is 0.319 e. The number of amides is 2. The molecule has 0 bridgehead atoms.